The zero-order chi connectivity index (χ0) is 18.8. The van der Waals surface area contributed by atoms with E-state index in [0.29, 0.717) is 0 Å². The predicted octanol–water partition coefficient (Wildman–Crippen LogP) is 4.95. The molecule has 2 aromatic carbocycles. The van der Waals surface area contributed by atoms with Crippen molar-refractivity contribution in [2.75, 3.05) is 7.11 Å². The molecule has 2 aromatic rings. The Morgan fingerprint density at radius 2 is 2.00 bits per heavy atom. The first-order valence-corrected chi connectivity index (χ1v) is 9.34. The van der Waals surface area contributed by atoms with Crippen molar-refractivity contribution in [1.82, 2.24) is 0 Å². The number of carbonyl (C=O) groups excluding carboxylic acids is 1. The van der Waals surface area contributed by atoms with Crippen LogP contribution in [-0.2, 0) is 0 Å². The van der Waals surface area contributed by atoms with Crippen LogP contribution in [0.2, 0.25) is 0 Å². The van der Waals surface area contributed by atoms with E-state index in [2.05, 4.69) is 18.2 Å². The lowest BCUT2D eigenvalue weighted by Crippen LogP contribution is -2.26. The van der Waals surface area contributed by atoms with Crippen molar-refractivity contribution in [2.24, 2.45) is 10.9 Å². The second-order valence-corrected chi connectivity index (χ2v) is 7.12. The number of hydrogen-bond donors (Lipinski definition) is 0. The minimum atomic E-state index is -0.363. The fourth-order valence-corrected chi connectivity index (χ4v) is 3.95. The van der Waals surface area contributed by atoms with Crippen molar-refractivity contribution in [3.05, 3.63) is 89.0 Å². The summed E-state index contributed by atoms with van der Waals surface area (Å²) in [5.41, 5.74) is 5.09. The zero-order valence-electron chi connectivity index (χ0n) is 15.7. The molecule has 2 aliphatic rings. The smallest absolute Gasteiger partial charge is 0.188 e. The van der Waals surface area contributed by atoms with Crippen molar-refractivity contribution < 1.29 is 9.53 Å². The lowest BCUT2D eigenvalue weighted by Gasteiger charge is -2.19. The molecule has 0 fully saturated rings. The number of ether oxygens (including phenoxy) is 1. The largest absolute Gasteiger partial charge is 0.497 e. The number of allylic oxidation sites excluding steroid dienone is 3. The maximum Gasteiger partial charge on any atom is 0.188 e. The lowest BCUT2D eigenvalue weighted by atomic mass is 9.84. The van der Waals surface area contributed by atoms with Gasteiger partial charge in [0.1, 0.15) is 11.8 Å². The van der Waals surface area contributed by atoms with Crippen LogP contribution >= 0.6 is 0 Å². The maximum atomic E-state index is 13.4. The van der Waals surface area contributed by atoms with E-state index in [1.165, 1.54) is 5.57 Å². The summed E-state index contributed by atoms with van der Waals surface area (Å²) in [5.74, 6) is 1.04. The molecule has 27 heavy (non-hydrogen) atoms. The van der Waals surface area contributed by atoms with Gasteiger partial charge in [0.15, 0.2) is 5.78 Å². The number of Topliss-reactive ketones (excluding diaryl/α,β-unsaturated/α-hetero) is 1. The number of rotatable bonds is 5. The standard InChI is InChI=1S/C24H23NO2/c1-16-8-3-6-13-20(16)24(26)23-21(17-9-4-5-10-17)15-22(25-23)18-11-7-12-19(14-18)27-2/h3-9,11-14,21,23H,10,15H2,1-2H3. The Labute approximate surface area is 160 Å². The summed E-state index contributed by atoms with van der Waals surface area (Å²) >= 11 is 0. The van der Waals surface area contributed by atoms with E-state index >= 15 is 0 Å². The highest BCUT2D eigenvalue weighted by atomic mass is 16.5. The number of aryl methyl sites for hydroxylation is 1. The Morgan fingerprint density at radius 3 is 2.74 bits per heavy atom. The minimum absolute atomic E-state index is 0.115. The summed E-state index contributed by atoms with van der Waals surface area (Å²) in [7, 11) is 1.66. The maximum absolute atomic E-state index is 13.4. The Bertz CT molecular complexity index is 968. The molecule has 3 heteroatoms. The van der Waals surface area contributed by atoms with Gasteiger partial charge < -0.3 is 4.74 Å². The molecule has 1 heterocycles. The summed E-state index contributed by atoms with van der Waals surface area (Å²) in [6.45, 7) is 1.99. The highest BCUT2D eigenvalue weighted by Gasteiger charge is 2.37. The molecule has 0 aromatic heterocycles. The molecule has 1 aliphatic heterocycles. The van der Waals surface area contributed by atoms with Gasteiger partial charge in [-0.15, -0.1) is 0 Å². The van der Waals surface area contributed by atoms with E-state index in [1.807, 2.05) is 55.5 Å². The van der Waals surface area contributed by atoms with Crippen LogP contribution in [0.3, 0.4) is 0 Å². The Kier molecular flexibility index (Phi) is 4.76. The third kappa shape index (κ3) is 3.37. The Hall–Kier alpha value is -2.94. The molecule has 2 unspecified atom stereocenters. The first-order chi connectivity index (χ1) is 13.2. The summed E-state index contributed by atoms with van der Waals surface area (Å²) in [6, 6.07) is 15.4. The van der Waals surface area contributed by atoms with Crippen molar-refractivity contribution in [3.8, 4) is 5.75 Å². The topological polar surface area (TPSA) is 38.7 Å². The van der Waals surface area contributed by atoms with Gasteiger partial charge in [-0.3, -0.25) is 9.79 Å². The van der Waals surface area contributed by atoms with Crippen LogP contribution in [0.15, 0.2) is 77.3 Å². The molecule has 4 rings (SSSR count). The third-order valence-corrected chi connectivity index (χ3v) is 5.45. The van der Waals surface area contributed by atoms with Gasteiger partial charge >= 0.3 is 0 Å². The van der Waals surface area contributed by atoms with Crippen LogP contribution in [0.25, 0.3) is 0 Å². The van der Waals surface area contributed by atoms with E-state index in [0.717, 1.165) is 41.0 Å². The fourth-order valence-electron chi connectivity index (χ4n) is 3.95. The van der Waals surface area contributed by atoms with Gasteiger partial charge in [-0.1, -0.05) is 60.2 Å². The van der Waals surface area contributed by atoms with Gasteiger partial charge in [0.2, 0.25) is 0 Å². The molecule has 0 saturated carbocycles. The number of carbonyl (C=O) groups is 1. The van der Waals surface area contributed by atoms with E-state index in [-0.39, 0.29) is 17.7 Å². The van der Waals surface area contributed by atoms with Gasteiger partial charge in [-0.05, 0) is 43.0 Å². The van der Waals surface area contributed by atoms with Gasteiger partial charge in [0.25, 0.3) is 0 Å². The van der Waals surface area contributed by atoms with Crippen molar-refractivity contribution >= 4 is 11.5 Å². The molecule has 0 bridgehead atoms. The van der Waals surface area contributed by atoms with Gasteiger partial charge in [0, 0.05) is 17.2 Å². The number of nitrogens with zero attached hydrogens (tertiary/aromatic N) is 1. The Balaban J connectivity index is 1.71. The summed E-state index contributed by atoms with van der Waals surface area (Å²) in [4.78, 5) is 18.3. The average molecular weight is 357 g/mol. The summed E-state index contributed by atoms with van der Waals surface area (Å²) < 4.78 is 5.36. The number of ketones is 1. The van der Waals surface area contributed by atoms with Crippen molar-refractivity contribution in [3.63, 3.8) is 0 Å². The monoisotopic (exact) mass is 357 g/mol. The van der Waals surface area contributed by atoms with Crippen LogP contribution < -0.4 is 4.74 Å². The van der Waals surface area contributed by atoms with Crippen molar-refractivity contribution in [1.29, 1.82) is 0 Å². The second kappa shape index (κ2) is 7.36. The van der Waals surface area contributed by atoms with Gasteiger partial charge in [-0.2, -0.15) is 0 Å². The molecule has 0 amide bonds. The third-order valence-electron chi connectivity index (χ3n) is 5.45. The number of hydrogen-bond acceptors (Lipinski definition) is 3. The number of aliphatic imine (C=N–C) groups is 1. The molecule has 0 radical (unpaired) electrons. The predicted molar refractivity (Wildman–Crippen MR) is 109 cm³/mol. The molecular weight excluding hydrogens is 334 g/mol. The number of benzene rings is 2. The molecule has 0 N–H and O–H groups in total. The molecular formula is C24H23NO2. The van der Waals surface area contributed by atoms with E-state index in [9.17, 15) is 4.79 Å². The number of methoxy groups -OCH3 is 1. The minimum Gasteiger partial charge on any atom is -0.497 e. The lowest BCUT2D eigenvalue weighted by molar-refractivity contribution is 0.0947. The molecule has 0 saturated heterocycles. The second-order valence-electron chi connectivity index (χ2n) is 7.12. The quantitative estimate of drug-likeness (QED) is 0.710. The summed E-state index contributed by atoms with van der Waals surface area (Å²) in [6.07, 6.45) is 8.06. The fraction of sp³-hybridized carbons (Fsp3) is 0.250. The highest BCUT2D eigenvalue weighted by molar-refractivity contribution is 6.09. The van der Waals surface area contributed by atoms with Crippen LogP contribution in [-0.4, -0.2) is 24.6 Å². The average Bonchev–Trinajstić information content (AvgIpc) is 3.37. The van der Waals surface area contributed by atoms with E-state index in [4.69, 9.17) is 9.73 Å². The SMILES string of the molecule is COc1cccc(C2=NC(C(=O)c3ccccc3C)C(C3=CC=CC3)C2)c1. The molecule has 136 valence electrons. The highest BCUT2D eigenvalue weighted by Crippen LogP contribution is 2.36. The molecule has 3 nitrogen and oxygen atoms in total. The van der Waals surface area contributed by atoms with Gasteiger partial charge in [0.05, 0.1) is 7.11 Å². The van der Waals surface area contributed by atoms with Crippen LogP contribution in [0.4, 0.5) is 0 Å². The van der Waals surface area contributed by atoms with Gasteiger partial charge in [-0.25, -0.2) is 0 Å². The Morgan fingerprint density at radius 1 is 1.15 bits per heavy atom. The van der Waals surface area contributed by atoms with Crippen LogP contribution in [0.5, 0.6) is 5.75 Å². The summed E-state index contributed by atoms with van der Waals surface area (Å²) in [5, 5.41) is 0. The first-order valence-electron chi connectivity index (χ1n) is 9.34. The zero-order valence-corrected chi connectivity index (χ0v) is 15.7. The normalized spacial score (nSPS) is 21.1. The van der Waals surface area contributed by atoms with Crippen LogP contribution in [0.1, 0.15) is 34.3 Å². The first kappa shape index (κ1) is 17.5. The van der Waals surface area contributed by atoms with E-state index < -0.39 is 0 Å². The molecule has 1 aliphatic carbocycles. The molecule has 0 spiro atoms. The van der Waals surface area contributed by atoms with E-state index in [1.54, 1.807) is 7.11 Å². The van der Waals surface area contributed by atoms with Crippen molar-refractivity contribution in [2.45, 2.75) is 25.8 Å². The molecule has 2 atom stereocenters. The van der Waals surface area contributed by atoms with Crippen LogP contribution in [0, 0.1) is 12.8 Å².